The Hall–Kier alpha value is -7.35. The van der Waals surface area contributed by atoms with Crippen LogP contribution in [0.25, 0.3) is 110 Å². The van der Waals surface area contributed by atoms with Gasteiger partial charge in [-0.2, -0.15) is 0 Å². The molecule has 11 rings (SSSR count). The quantitative estimate of drug-likeness (QED) is 0.169. The standard InChI is InChI=1S/C49H29N5OS/c1-4-14-31(15-5-1)42-45-43(36-20-10-11-25-40(36)56-45)51-49(50-42)38-23-13-24-39-41(38)37-22-12-21-35(44(37)55-39)30-26-28-34(29-27-30)48-53-46(32-16-6-2-7-17-32)52-47(54-48)33-18-8-3-9-19-33/h1-29H. The molecule has 0 aliphatic heterocycles. The topological polar surface area (TPSA) is 77.6 Å². The first-order valence-corrected chi connectivity index (χ1v) is 19.2. The fourth-order valence-corrected chi connectivity index (χ4v) is 8.65. The third-order valence-electron chi connectivity index (χ3n) is 10.2. The lowest BCUT2D eigenvalue weighted by Gasteiger charge is -2.09. The van der Waals surface area contributed by atoms with Crippen molar-refractivity contribution in [3.63, 3.8) is 0 Å². The molecule has 0 aliphatic carbocycles. The monoisotopic (exact) mass is 735 g/mol. The van der Waals surface area contributed by atoms with Crippen LogP contribution in [-0.2, 0) is 0 Å². The average Bonchev–Trinajstić information content (AvgIpc) is 3.86. The van der Waals surface area contributed by atoms with Crippen molar-refractivity contribution in [2.45, 2.75) is 0 Å². The van der Waals surface area contributed by atoms with Gasteiger partial charge in [-0.1, -0.05) is 164 Å². The van der Waals surface area contributed by atoms with Gasteiger partial charge in [0.1, 0.15) is 11.2 Å². The normalized spacial score (nSPS) is 11.6. The lowest BCUT2D eigenvalue weighted by molar-refractivity contribution is 0.670. The van der Waals surface area contributed by atoms with E-state index in [1.165, 1.54) is 4.70 Å². The molecule has 0 radical (unpaired) electrons. The van der Waals surface area contributed by atoms with Crippen LogP contribution in [0.2, 0.25) is 0 Å². The molecule has 56 heavy (non-hydrogen) atoms. The van der Waals surface area contributed by atoms with E-state index in [9.17, 15) is 0 Å². The predicted molar refractivity (Wildman–Crippen MR) is 228 cm³/mol. The molecule has 7 aromatic carbocycles. The molecule has 4 heterocycles. The zero-order valence-electron chi connectivity index (χ0n) is 29.8. The van der Waals surface area contributed by atoms with Crippen LogP contribution >= 0.6 is 11.3 Å². The highest BCUT2D eigenvalue weighted by Gasteiger charge is 2.21. The number of para-hydroxylation sites is 1. The third-order valence-corrected chi connectivity index (χ3v) is 11.4. The molecule has 0 atom stereocenters. The molecule has 7 heteroatoms. The van der Waals surface area contributed by atoms with Crippen LogP contribution in [0.3, 0.4) is 0 Å². The molecule has 0 saturated heterocycles. The van der Waals surface area contributed by atoms with E-state index in [0.717, 1.165) is 82.2 Å². The lowest BCUT2D eigenvalue weighted by atomic mass is 9.99. The van der Waals surface area contributed by atoms with Gasteiger partial charge in [-0.15, -0.1) is 11.3 Å². The predicted octanol–water partition coefficient (Wildman–Crippen LogP) is 12.9. The van der Waals surface area contributed by atoms with Crippen molar-refractivity contribution < 1.29 is 4.42 Å². The van der Waals surface area contributed by atoms with Crippen molar-refractivity contribution in [1.29, 1.82) is 0 Å². The lowest BCUT2D eigenvalue weighted by Crippen LogP contribution is -2.00. The number of hydrogen-bond acceptors (Lipinski definition) is 7. The SMILES string of the molecule is c1ccc(-c2nc(-c3ccccc3)nc(-c3ccc(-c4cccc5c4oc4cccc(-c6nc(-c7ccccc7)c7sc8ccccc8c7n6)c45)cc3)n2)cc1. The van der Waals surface area contributed by atoms with E-state index in [-0.39, 0.29) is 0 Å². The number of benzene rings is 7. The van der Waals surface area contributed by atoms with E-state index in [2.05, 4.69) is 97.1 Å². The maximum atomic E-state index is 6.72. The summed E-state index contributed by atoms with van der Waals surface area (Å²) in [6.07, 6.45) is 0. The molecule has 0 spiro atoms. The number of rotatable bonds is 6. The fraction of sp³-hybridized carbons (Fsp3) is 0. The zero-order valence-corrected chi connectivity index (χ0v) is 30.6. The minimum atomic E-state index is 0.612. The van der Waals surface area contributed by atoms with E-state index in [0.29, 0.717) is 23.3 Å². The van der Waals surface area contributed by atoms with Crippen LogP contribution in [0.15, 0.2) is 180 Å². The van der Waals surface area contributed by atoms with Crippen LogP contribution in [0.4, 0.5) is 0 Å². The number of aromatic nitrogens is 5. The maximum Gasteiger partial charge on any atom is 0.164 e. The summed E-state index contributed by atoms with van der Waals surface area (Å²) in [5.41, 5.74) is 10.3. The smallest absolute Gasteiger partial charge is 0.164 e. The largest absolute Gasteiger partial charge is 0.455 e. The molecule has 0 unspecified atom stereocenters. The summed E-state index contributed by atoms with van der Waals surface area (Å²) < 4.78 is 8.99. The Labute approximate surface area is 325 Å². The Balaban J connectivity index is 1.03. The van der Waals surface area contributed by atoms with Gasteiger partial charge in [-0.3, -0.25) is 0 Å². The van der Waals surface area contributed by atoms with E-state index in [1.807, 2.05) is 78.9 Å². The van der Waals surface area contributed by atoms with Gasteiger partial charge < -0.3 is 4.42 Å². The summed E-state index contributed by atoms with van der Waals surface area (Å²) in [6, 6.07) is 59.7. The van der Waals surface area contributed by atoms with Crippen molar-refractivity contribution in [2.24, 2.45) is 0 Å². The second kappa shape index (κ2) is 13.2. The van der Waals surface area contributed by atoms with Gasteiger partial charge in [0, 0.05) is 54.2 Å². The summed E-state index contributed by atoms with van der Waals surface area (Å²) in [6.45, 7) is 0. The molecule has 4 aromatic heterocycles. The molecular formula is C49H29N5OS. The Morgan fingerprint density at radius 1 is 0.375 bits per heavy atom. The van der Waals surface area contributed by atoms with E-state index in [1.54, 1.807) is 11.3 Å². The van der Waals surface area contributed by atoms with E-state index in [4.69, 9.17) is 29.3 Å². The van der Waals surface area contributed by atoms with Crippen molar-refractivity contribution in [1.82, 2.24) is 24.9 Å². The first-order valence-electron chi connectivity index (χ1n) is 18.4. The molecule has 6 nitrogen and oxygen atoms in total. The minimum Gasteiger partial charge on any atom is -0.455 e. The Morgan fingerprint density at radius 3 is 1.59 bits per heavy atom. The summed E-state index contributed by atoms with van der Waals surface area (Å²) in [5, 5.41) is 3.13. The Morgan fingerprint density at radius 2 is 0.911 bits per heavy atom. The third kappa shape index (κ3) is 5.44. The molecule has 11 aromatic rings. The molecule has 0 N–H and O–H groups in total. The van der Waals surface area contributed by atoms with Gasteiger partial charge >= 0.3 is 0 Å². The van der Waals surface area contributed by atoms with Gasteiger partial charge in [0.15, 0.2) is 23.3 Å². The van der Waals surface area contributed by atoms with Crippen molar-refractivity contribution >= 4 is 53.6 Å². The van der Waals surface area contributed by atoms with Gasteiger partial charge in [-0.05, 0) is 17.7 Å². The molecule has 0 amide bonds. The number of thiophene rings is 1. The second-order valence-electron chi connectivity index (χ2n) is 13.6. The Bertz CT molecular complexity index is 3180. The second-order valence-corrected chi connectivity index (χ2v) is 14.7. The summed E-state index contributed by atoms with van der Waals surface area (Å²) in [5.74, 6) is 2.55. The number of furan rings is 1. The van der Waals surface area contributed by atoms with E-state index < -0.39 is 0 Å². The average molecular weight is 736 g/mol. The summed E-state index contributed by atoms with van der Waals surface area (Å²) in [7, 11) is 0. The van der Waals surface area contributed by atoms with Crippen molar-refractivity contribution in [2.75, 3.05) is 0 Å². The van der Waals surface area contributed by atoms with Crippen LogP contribution < -0.4 is 0 Å². The Kier molecular flexibility index (Phi) is 7.57. The highest BCUT2D eigenvalue weighted by Crippen LogP contribution is 2.43. The van der Waals surface area contributed by atoms with Crippen LogP contribution in [0.1, 0.15) is 0 Å². The summed E-state index contributed by atoms with van der Waals surface area (Å²) >= 11 is 1.74. The highest BCUT2D eigenvalue weighted by atomic mass is 32.1. The van der Waals surface area contributed by atoms with Crippen LogP contribution in [0.5, 0.6) is 0 Å². The van der Waals surface area contributed by atoms with Crippen molar-refractivity contribution in [3.05, 3.63) is 176 Å². The first-order chi connectivity index (χ1) is 27.7. The number of hydrogen-bond donors (Lipinski definition) is 0. The first kappa shape index (κ1) is 32.1. The molecular weight excluding hydrogens is 707 g/mol. The molecule has 0 fully saturated rings. The highest BCUT2D eigenvalue weighted by molar-refractivity contribution is 7.26. The van der Waals surface area contributed by atoms with Gasteiger partial charge in [0.05, 0.1) is 15.9 Å². The summed E-state index contributed by atoms with van der Waals surface area (Å²) in [4.78, 5) is 25.3. The minimum absolute atomic E-state index is 0.612. The van der Waals surface area contributed by atoms with Gasteiger partial charge in [0.25, 0.3) is 0 Å². The molecule has 262 valence electrons. The van der Waals surface area contributed by atoms with Crippen LogP contribution in [-0.4, -0.2) is 24.9 Å². The molecule has 0 bridgehead atoms. The number of nitrogens with zero attached hydrogens (tertiary/aromatic N) is 5. The van der Waals surface area contributed by atoms with Crippen molar-refractivity contribution in [3.8, 4) is 67.9 Å². The van der Waals surface area contributed by atoms with Gasteiger partial charge in [-0.25, -0.2) is 24.9 Å². The molecule has 0 aliphatic rings. The maximum absolute atomic E-state index is 6.72. The molecule has 0 saturated carbocycles. The fourth-order valence-electron chi connectivity index (χ4n) is 7.50. The zero-order chi connectivity index (χ0) is 37.0. The van der Waals surface area contributed by atoms with Gasteiger partial charge in [0.2, 0.25) is 0 Å². The van der Waals surface area contributed by atoms with E-state index >= 15 is 0 Å². The van der Waals surface area contributed by atoms with Crippen LogP contribution in [0, 0.1) is 0 Å². The number of fused-ring (bicyclic) bond motifs is 6.